The second-order valence-corrected chi connectivity index (χ2v) is 5.88. The topological polar surface area (TPSA) is 68.0 Å². The lowest BCUT2D eigenvalue weighted by Crippen LogP contribution is -2.22. The van der Waals surface area contributed by atoms with Gasteiger partial charge < -0.3 is 9.73 Å². The van der Waals surface area contributed by atoms with E-state index in [1.165, 1.54) is 36.0 Å². The Balaban J connectivity index is 1.88. The van der Waals surface area contributed by atoms with Crippen molar-refractivity contribution in [3.63, 3.8) is 0 Å². The summed E-state index contributed by atoms with van der Waals surface area (Å²) >= 11 is 1.50. The van der Waals surface area contributed by atoms with E-state index in [4.69, 9.17) is 4.42 Å². The summed E-state index contributed by atoms with van der Waals surface area (Å²) in [5.74, 6) is -0.351. The molecule has 0 radical (unpaired) electrons. The van der Waals surface area contributed by atoms with E-state index < -0.39 is 0 Å². The first-order chi connectivity index (χ1) is 10.1. The van der Waals surface area contributed by atoms with Gasteiger partial charge in [-0.15, -0.1) is 10.2 Å². The van der Waals surface area contributed by atoms with Gasteiger partial charge in [0.2, 0.25) is 5.89 Å². The third-order valence-corrected chi connectivity index (χ3v) is 3.93. The number of halogens is 1. The molecule has 2 rings (SSSR count). The first kappa shape index (κ1) is 15.5. The van der Waals surface area contributed by atoms with Crippen molar-refractivity contribution in [2.75, 3.05) is 0 Å². The molecule has 21 heavy (non-hydrogen) atoms. The highest BCUT2D eigenvalue weighted by atomic mass is 32.2. The maximum Gasteiger partial charge on any atom is 0.276 e. The van der Waals surface area contributed by atoms with E-state index in [2.05, 4.69) is 29.4 Å². The van der Waals surface area contributed by atoms with E-state index in [1.54, 1.807) is 0 Å². The lowest BCUT2D eigenvalue weighted by atomic mass is 10.2. The predicted octanol–water partition coefficient (Wildman–Crippen LogP) is 3.03. The van der Waals surface area contributed by atoms with Crippen molar-refractivity contribution in [1.29, 1.82) is 0 Å². The highest BCUT2D eigenvalue weighted by Gasteiger charge is 2.11. The minimum absolute atomic E-state index is 0.143. The molecule has 1 aromatic heterocycles. The van der Waals surface area contributed by atoms with E-state index in [9.17, 15) is 9.18 Å². The van der Waals surface area contributed by atoms with Crippen molar-refractivity contribution in [2.45, 2.75) is 37.3 Å². The van der Waals surface area contributed by atoms with E-state index in [0.29, 0.717) is 21.9 Å². The third kappa shape index (κ3) is 4.56. The van der Waals surface area contributed by atoms with Crippen LogP contribution in [-0.2, 0) is 6.54 Å². The summed E-state index contributed by atoms with van der Waals surface area (Å²) in [7, 11) is 0. The summed E-state index contributed by atoms with van der Waals surface area (Å²) in [6, 6.07) is 5.32. The van der Waals surface area contributed by atoms with Gasteiger partial charge in [0.1, 0.15) is 5.82 Å². The van der Waals surface area contributed by atoms with Crippen molar-refractivity contribution in [2.24, 2.45) is 0 Å². The number of carbonyl (C=O) groups is 1. The van der Waals surface area contributed by atoms with Crippen molar-refractivity contribution in [1.82, 2.24) is 15.5 Å². The van der Waals surface area contributed by atoms with Crippen LogP contribution in [0.15, 0.2) is 33.9 Å². The zero-order chi connectivity index (χ0) is 15.2. The number of hydrogen-bond acceptors (Lipinski definition) is 5. The summed E-state index contributed by atoms with van der Waals surface area (Å²) in [4.78, 5) is 11.8. The Morgan fingerprint density at radius 3 is 2.76 bits per heavy atom. The molecule has 0 bridgehead atoms. The fourth-order valence-electron chi connectivity index (χ4n) is 1.47. The Kier molecular flexibility index (Phi) is 5.32. The zero-order valence-corrected chi connectivity index (χ0v) is 12.6. The Bertz CT molecular complexity index is 601. The smallest absolute Gasteiger partial charge is 0.276 e. The predicted molar refractivity (Wildman–Crippen MR) is 77.5 cm³/mol. The van der Waals surface area contributed by atoms with Crippen LogP contribution in [0.3, 0.4) is 0 Å². The van der Waals surface area contributed by atoms with Crippen molar-refractivity contribution in [3.8, 4) is 0 Å². The van der Waals surface area contributed by atoms with Gasteiger partial charge in [0.25, 0.3) is 11.1 Å². The first-order valence-electron chi connectivity index (χ1n) is 6.61. The van der Waals surface area contributed by atoms with E-state index in [-0.39, 0.29) is 18.3 Å². The normalized spacial score (nSPS) is 12.1. The number of amides is 1. The van der Waals surface area contributed by atoms with Crippen LogP contribution in [0, 0.1) is 5.82 Å². The third-order valence-electron chi connectivity index (χ3n) is 2.83. The minimum atomic E-state index is -0.379. The number of nitrogens with zero attached hydrogens (tertiary/aromatic N) is 2. The molecule has 1 amide bonds. The molecule has 2 aromatic rings. The molecule has 0 fully saturated rings. The molecule has 112 valence electrons. The van der Waals surface area contributed by atoms with Crippen molar-refractivity contribution in [3.05, 3.63) is 41.5 Å². The molecular weight excluding hydrogens is 293 g/mol. The van der Waals surface area contributed by atoms with Crippen molar-refractivity contribution >= 4 is 17.7 Å². The molecule has 1 N–H and O–H groups in total. The molecule has 7 heteroatoms. The summed E-state index contributed by atoms with van der Waals surface area (Å²) in [6.07, 6.45) is 1.00. The molecule has 0 aliphatic carbocycles. The van der Waals surface area contributed by atoms with Crippen LogP contribution >= 0.6 is 11.8 Å². The SMILES string of the molecule is CC[C@@H](C)Sc1nnc(CNC(=O)c2ccc(F)cc2)o1. The van der Waals surface area contributed by atoms with Gasteiger partial charge in [-0.05, 0) is 30.7 Å². The minimum Gasteiger partial charge on any atom is -0.414 e. The Hall–Kier alpha value is -1.89. The van der Waals surface area contributed by atoms with Gasteiger partial charge in [0.05, 0.1) is 6.54 Å². The molecule has 1 aromatic carbocycles. The molecular formula is C14H16FN3O2S. The zero-order valence-electron chi connectivity index (χ0n) is 11.8. The first-order valence-corrected chi connectivity index (χ1v) is 7.49. The molecule has 0 spiro atoms. The van der Waals surface area contributed by atoms with Gasteiger partial charge in [-0.25, -0.2) is 4.39 Å². The summed E-state index contributed by atoms with van der Waals surface area (Å²) < 4.78 is 18.2. The highest BCUT2D eigenvalue weighted by molar-refractivity contribution is 7.99. The number of rotatable bonds is 6. The summed E-state index contributed by atoms with van der Waals surface area (Å²) in [5, 5.41) is 11.3. The molecule has 1 atom stereocenters. The number of hydrogen-bond donors (Lipinski definition) is 1. The molecule has 0 aliphatic rings. The standard InChI is InChI=1S/C14H16FN3O2S/c1-3-9(2)21-14-18-17-12(20-14)8-16-13(19)10-4-6-11(15)7-5-10/h4-7,9H,3,8H2,1-2H3,(H,16,19)/t9-/m1/s1. The number of benzene rings is 1. The molecule has 0 saturated carbocycles. The van der Waals surface area contributed by atoms with Gasteiger partial charge in [-0.2, -0.15) is 0 Å². The van der Waals surface area contributed by atoms with Gasteiger partial charge in [-0.1, -0.05) is 25.6 Å². The van der Waals surface area contributed by atoms with Crippen molar-refractivity contribution < 1.29 is 13.6 Å². The average molecular weight is 309 g/mol. The second kappa shape index (κ2) is 7.21. The lowest BCUT2D eigenvalue weighted by molar-refractivity contribution is 0.0946. The quantitative estimate of drug-likeness (QED) is 0.831. The largest absolute Gasteiger partial charge is 0.414 e. The van der Waals surface area contributed by atoms with Crippen LogP contribution < -0.4 is 5.32 Å². The average Bonchev–Trinajstić information content (AvgIpc) is 2.93. The van der Waals surface area contributed by atoms with Crippen LogP contribution in [0.1, 0.15) is 36.5 Å². The van der Waals surface area contributed by atoms with Gasteiger partial charge in [0, 0.05) is 10.8 Å². The van der Waals surface area contributed by atoms with Gasteiger partial charge >= 0.3 is 0 Å². The monoisotopic (exact) mass is 309 g/mol. The van der Waals surface area contributed by atoms with Crippen LogP contribution in [0.5, 0.6) is 0 Å². The summed E-state index contributed by atoms with van der Waals surface area (Å²) in [5.41, 5.74) is 0.380. The summed E-state index contributed by atoms with van der Waals surface area (Å²) in [6.45, 7) is 4.30. The fourth-order valence-corrected chi connectivity index (χ4v) is 2.22. The number of carbonyl (C=O) groups excluding carboxylic acids is 1. The van der Waals surface area contributed by atoms with Crippen LogP contribution in [0.2, 0.25) is 0 Å². The molecule has 0 aliphatic heterocycles. The van der Waals surface area contributed by atoms with E-state index in [1.807, 2.05) is 0 Å². The lowest BCUT2D eigenvalue weighted by Gasteiger charge is -2.03. The van der Waals surface area contributed by atoms with Gasteiger partial charge in [0.15, 0.2) is 0 Å². The number of aromatic nitrogens is 2. The fraction of sp³-hybridized carbons (Fsp3) is 0.357. The maximum absolute atomic E-state index is 12.8. The Morgan fingerprint density at radius 1 is 1.38 bits per heavy atom. The molecule has 1 heterocycles. The number of thioether (sulfide) groups is 1. The second-order valence-electron chi connectivity index (χ2n) is 4.49. The van der Waals surface area contributed by atoms with E-state index in [0.717, 1.165) is 6.42 Å². The molecule has 0 saturated heterocycles. The highest BCUT2D eigenvalue weighted by Crippen LogP contribution is 2.23. The molecule has 0 unspecified atom stereocenters. The van der Waals surface area contributed by atoms with Crippen LogP contribution in [0.4, 0.5) is 4.39 Å². The Labute approximate surface area is 126 Å². The Morgan fingerprint density at radius 2 is 2.10 bits per heavy atom. The van der Waals surface area contributed by atoms with Gasteiger partial charge in [-0.3, -0.25) is 4.79 Å². The van der Waals surface area contributed by atoms with Crippen LogP contribution in [-0.4, -0.2) is 21.4 Å². The van der Waals surface area contributed by atoms with E-state index >= 15 is 0 Å². The maximum atomic E-state index is 12.8. The number of nitrogens with one attached hydrogen (secondary N) is 1. The van der Waals surface area contributed by atoms with Crippen LogP contribution in [0.25, 0.3) is 0 Å². The molecule has 5 nitrogen and oxygen atoms in total.